The minimum absolute atomic E-state index is 0.0132. The maximum atomic E-state index is 14.8. The van der Waals surface area contributed by atoms with E-state index in [2.05, 4.69) is 31.3 Å². The van der Waals surface area contributed by atoms with Crippen LogP contribution < -0.4 is 27.1 Å². The molecule has 0 aromatic heterocycles. The van der Waals surface area contributed by atoms with E-state index in [1.54, 1.807) is 5.01 Å². The standard InChI is InChI=1S/C16H28F2N8O/c1-25-7-21-5-11(25)12-9(18)3-20-4-10(12)23-16(27)13-14(19)24-26-6-8(17)2-22-15(13)26/h2,8-15,20-21,24H,3-7,19H2,1H3,(H,23,27). The summed E-state index contributed by atoms with van der Waals surface area (Å²) in [6.07, 6.45) is -2.22. The summed E-state index contributed by atoms with van der Waals surface area (Å²) >= 11 is 0. The number of amides is 1. The highest BCUT2D eigenvalue weighted by atomic mass is 19.1. The molecule has 8 atom stereocenters. The van der Waals surface area contributed by atoms with E-state index in [1.807, 2.05) is 7.05 Å². The summed E-state index contributed by atoms with van der Waals surface area (Å²) in [6.45, 7) is 2.28. The maximum Gasteiger partial charge on any atom is 0.229 e. The summed E-state index contributed by atoms with van der Waals surface area (Å²) in [5.74, 6) is -1.26. The van der Waals surface area contributed by atoms with Crippen molar-refractivity contribution in [2.75, 3.05) is 39.9 Å². The highest BCUT2D eigenvalue weighted by molar-refractivity contribution is 5.81. The normalized spacial score (nSPS) is 45.8. The van der Waals surface area contributed by atoms with Crippen LogP contribution in [0.2, 0.25) is 0 Å². The fraction of sp³-hybridized carbons (Fsp3) is 0.875. The summed E-state index contributed by atoms with van der Waals surface area (Å²) in [7, 11) is 1.96. The van der Waals surface area contributed by atoms with Crippen LogP contribution in [-0.2, 0) is 4.79 Å². The first-order valence-electron chi connectivity index (χ1n) is 9.47. The highest BCUT2D eigenvalue weighted by Crippen LogP contribution is 2.28. The number of hydrazine groups is 1. The first kappa shape index (κ1) is 19.1. The van der Waals surface area contributed by atoms with Gasteiger partial charge in [-0.15, -0.1) is 0 Å². The molecule has 11 heteroatoms. The second kappa shape index (κ2) is 7.64. The van der Waals surface area contributed by atoms with E-state index in [0.29, 0.717) is 19.8 Å². The van der Waals surface area contributed by atoms with Crippen LogP contribution in [0.25, 0.3) is 0 Å². The van der Waals surface area contributed by atoms with Gasteiger partial charge in [-0.05, 0) is 7.05 Å². The summed E-state index contributed by atoms with van der Waals surface area (Å²) in [5, 5.41) is 10.9. The van der Waals surface area contributed by atoms with E-state index in [1.165, 1.54) is 6.21 Å². The van der Waals surface area contributed by atoms with Gasteiger partial charge in [0.1, 0.15) is 24.4 Å². The number of fused-ring (bicyclic) bond motifs is 1. The Labute approximate surface area is 157 Å². The van der Waals surface area contributed by atoms with Crippen molar-refractivity contribution in [1.82, 2.24) is 31.3 Å². The number of rotatable bonds is 3. The van der Waals surface area contributed by atoms with Crippen molar-refractivity contribution in [1.29, 1.82) is 0 Å². The Bertz CT molecular complexity index is 595. The second-order valence-electron chi connectivity index (χ2n) is 7.86. The Morgan fingerprint density at radius 1 is 1.30 bits per heavy atom. The number of nitrogens with zero attached hydrogens (tertiary/aromatic N) is 3. The van der Waals surface area contributed by atoms with Gasteiger partial charge in [0.05, 0.1) is 12.7 Å². The van der Waals surface area contributed by atoms with Gasteiger partial charge in [-0.3, -0.25) is 14.7 Å². The number of nitrogens with one attached hydrogen (secondary N) is 4. The van der Waals surface area contributed by atoms with Gasteiger partial charge in [0.25, 0.3) is 0 Å². The third-order valence-corrected chi connectivity index (χ3v) is 6.06. The zero-order chi connectivity index (χ0) is 19.1. The number of hydrogen-bond acceptors (Lipinski definition) is 8. The molecule has 4 heterocycles. The summed E-state index contributed by atoms with van der Waals surface area (Å²) in [6, 6.07) is -0.337. The van der Waals surface area contributed by atoms with Crippen molar-refractivity contribution < 1.29 is 13.6 Å². The molecule has 3 fully saturated rings. The molecule has 0 saturated carbocycles. The first-order valence-corrected chi connectivity index (χ1v) is 9.47. The second-order valence-corrected chi connectivity index (χ2v) is 7.86. The third-order valence-electron chi connectivity index (χ3n) is 6.06. The summed E-state index contributed by atoms with van der Waals surface area (Å²) in [5.41, 5.74) is 9.00. The number of hydrogen-bond donors (Lipinski definition) is 5. The highest BCUT2D eigenvalue weighted by Gasteiger charge is 2.48. The molecule has 0 spiro atoms. The van der Waals surface area contributed by atoms with Crippen LogP contribution in [0.15, 0.2) is 4.99 Å². The van der Waals surface area contributed by atoms with E-state index in [4.69, 9.17) is 5.73 Å². The quantitative estimate of drug-likeness (QED) is 0.361. The number of alkyl halides is 2. The fourth-order valence-electron chi connectivity index (χ4n) is 4.70. The monoisotopic (exact) mass is 386 g/mol. The predicted octanol–water partition coefficient (Wildman–Crippen LogP) is -2.64. The number of piperidine rings is 1. The van der Waals surface area contributed by atoms with Crippen LogP contribution in [0.4, 0.5) is 8.78 Å². The molecule has 9 nitrogen and oxygen atoms in total. The Balaban J connectivity index is 1.48. The molecule has 152 valence electrons. The van der Waals surface area contributed by atoms with E-state index < -0.39 is 30.6 Å². The van der Waals surface area contributed by atoms with Crippen molar-refractivity contribution >= 4 is 12.1 Å². The van der Waals surface area contributed by atoms with Gasteiger partial charge in [0.15, 0.2) is 0 Å². The Morgan fingerprint density at radius 2 is 2.11 bits per heavy atom. The Kier molecular flexibility index (Phi) is 5.41. The Hall–Kier alpha value is -1.24. The van der Waals surface area contributed by atoms with Gasteiger partial charge in [-0.25, -0.2) is 19.2 Å². The van der Waals surface area contributed by atoms with E-state index in [9.17, 15) is 13.6 Å². The average molecular weight is 386 g/mol. The average Bonchev–Trinajstić information content (AvgIpc) is 3.17. The maximum absolute atomic E-state index is 14.8. The topological polar surface area (TPSA) is 110 Å². The lowest BCUT2D eigenvalue weighted by Crippen LogP contribution is -2.63. The van der Waals surface area contributed by atoms with E-state index in [0.717, 1.165) is 0 Å². The van der Waals surface area contributed by atoms with Crippen molar-refractivity contribution in [3.8, 4) is 0 Å². The molecule has 1 amide bonds. The van der Waals surface area contributed by atoms with Gasteiger partial charge in [-0.1, -0.05) is 0 Å². The number of carbonyl (C=O) groups is 1. The van der Waals surface area contributed by atoms with Gasteiger partial charge >= 0.3 is 0 Å². The third kappa shape index (κ3) is 3.59. The molecule has 3 saturated heterocycles. The zero-order valence-electron chi connectivity index (χ0n) is 15.3. The molecule has 4 aliphatic heterocycles. The molecule has 0 bridgehead atoms. The summed E-state index contributed by atoms with van der Waals surface area (Å²) in [4.78, 5) is 19.2. The lowest BCUT2D eigenvalue weighted by atomic mass is 9.83. The van der Waals surface area contributed by atoms with Crippen LogP contribution >= 0.6 is 0 Å². The molecule has 0 radical (unpaired) electrons. The van der Waals surface area contributed by atoms with E-state index >= 15 is 0 Å². The van der Waals surface area contributed by atoms with E-state index in [-0.39, 0.29) is 37.0 Å². The SMILES string of the molecule is CN1CNCC1C1C(F)CNCC1NC(=O)C1C(N)NN2CC(F)C=NC12. The van der Waals surface area contributed by atoms with Crippen molar-refractivity contribution in [2.45, 2.75) is 36.8 Å². The molecule has 27 heavy (non-hydrogen) atoms. The lowest BCUT2D eigenvalue weighted by molar-refractivity contribution is -0.127. The smallest absolute Gasteiger partial charge is 0.229 e. The molecule has 8 unspecified atom stereocenters. The van der Waals surface area contributed by atoms with Crippen molar-refractivity contribution in [2.24, 2.45) is 22.6 Å². The van der Waals surface area contributed by atoms with Crippen LogP contribution in [-0.4, -0.2) is 98.7 Å². The molecular formula is C16H28F2N8O. The fourth-order valence-corrected chi connectivity index (χ4v) is 4.70. The van der Waals surface area contributed by atoms with Crippen molar-refractivity contribution in [3.63, 3.8) is 0 Å². The minimum atomic E-state index is -1.19. The number of aliphatic imine (C=N–C) groups is 1. The molecule has 4 aliphatic rings. The molecule has 4 rings (SSSR count). The van der Waals surface area contributed by atoms with Gasteiger partial charge in [-0.2, -0.15) is 0 Å². The molecule has 0 aliphatic carbocycles. The van der Waals surface area contributed by atoms with Gasteiger partial charge in [0.2, 0.25) is 5.91 Å². The van der Waals surface area contributed by atoms with Gasteiger partial charge < -0.3 is 21.7 Å². The van der Waals surface area contributed by atoms with Crippen LogP contribution in [0.5, 0.6) is 0 Å². The predicted molar refractivity (Wildman–Crippen MR) is 96.1 cm³/mol. The zero-order valence-corrected chi connectivity index (χ0v) is 15.3. The summed E-state index contributed by atoms with van der Waals surface area (Å²) < 4.78 is 28.3. The van der Waals surface area contributed by atoms with Crippen LogP contribution in [0.3, 0.4) is 0 Å². The first-order chi connectivity index (χ1) is 13.0. The van der Waals surface area contributed by atoms with Gasteiger partial charge in [0, 0.05) is 50.5 Å². The molecule has 6 N–H and O–H groups in total. The van der Waals surface area contributed by atoms with Crippen LogP contribution in [0, 0.1) is 11.8 Å². The molecular weight excluding hydrogens is 358 g/mol. The minimum Gasteiger partial charge on any atom is -0.351 e. The number of nitrogens with two attached hydrogens (primary N) is 1. The number of halogens is 2. The molecule has 0 aromatic carbocycles. The Morgan fingerprint density at radius 3 is 2.85 bits per heavy atom. The van der Waals surface area contributed by atoms with Crippen molar-refractivity contribution in [3.05, 3.63) is 0 Å². The number of carbonyl (C=O) groups excluding carboxylic acids is 1. The largest absolute Gasteiger partial charge is 0.351 e. The number of likely N-dealkylation sites (N-methyl/N-ethyl adjacent to an activating group) is 1. The lowest BCUT2D eigenvalue weighted by Gasteiger charge is -2.41. The molecule has 0 aromatic rings. The van der Waals surface area contributed by atoms with Crippen LogP contribution in [0.1, 0.15) is 0 Å².